The molecular formula is C9H11F2NO2. The summed E-state index contributed by atoms with van der Waals surface area (Å²) in [7, 11) is 1.35. The Kier molecular flexibility index (Phi) is 3.64. The van der Waals surface area contributed by atoms with Crippen LogP contribution >= 0.6 is 0 Å². The second kappa shape index (κ2) is 4.76. The zero-order chi connectivity index (χ0) is 10.6. The van der Waals surface area contributed by atoms with E-state index in [0.29, 0.717) is 6.54 Å². The van der Waals surface area contributed by atoms with Gasteiger partial charge in [-0.15, -0.1) is 0 Å². The Bertz CT molecular complexity index is 318. The maximum absolute atomic E-state index is 12.8. The molecule has 0 aliphatic heterocycles. The van der Waals surface area contributed by atoms with Crippen LogP contribution in [0.2, 0.25) is 0 Å². The number of nitrogens with two attached hydrogens (primary N) is 1. The topological polar surface area (TPSA) is 44.5 Å². The van der Waals surface area contributed by atoms with Gasteiger partial charge < -0.3 is 15.2 Å². The number of rotatable bonds is 4. The first-order valence-electron chi connectivity index (χ1n) is 4.05. The van der Waals surface area contributed by atoms with Crippen LogP contribution in [0, 0.1) is 11.6 Å². The van der Waals surface area contributed by atoms with E-state index in [2.05, 4.69) is 0 Å². The summed E-state index contributed by atoms with van der Waals surface area (Å²) in [6.45, 7) is 0.517. The molecule has 2 N–H and O–H groups in total. The van der Waals surface area contributed by atoms with Crippen molar-refractivity contribution in [2.24, 2.45) is 5.73 Å². The fourth-order valence-corrected chi connectivity index (χ4v) is 0.952. The van der Waals surface area contributed by atoms with Gasteiger partial charge in [-0.25, -0.2) is 8.78 Å². The van der Waals surface area contributed by atoms with Crippen LogP contribution in [0.5, 0.6) is 11.5 Å². The van der Waals surface area contributed by atoms with Gasteiger partial charge in [0.05, 0.1) is 7.11 Å². The van der Waals surface area contributed by atoms with Crippen molar-refractivity contribution in [3.05, 3.63) is 23.8 Å². The van der Waals surface area contributed by atoms with Gasteiger partial charge in [0.15, 0.2) is 23.1 Å². The van der Waals surface area contributed by atoms with E-state index < -0.39 is 11.6 Å². The fraction of sp³-hybridized carbons (Fsp3) is 0.333. The molecule has 0 aliphatic rings. The standard InChI is InChI=1S/C9H11F2NO2/c1-13-8-4-6(10)7(11)5-9(8)14-3-2-12/h4-5H,2-3,12H2,1H3. The van der Waals surface area contributed by atoms with Crippen molar-refractivity contribution in [3.8, 4) is 11.5 Å². The normalized spacial score (nSPS) is 10.0. The van der Waals surface area contributed by atoms with E-state index in [-0.39, 0.29) is 18.1 Å². The third-order valence-electron chi connectivity index (χ3n) is 1.58. The van der Waals surface area contributed by atoms with Crippen LogP contribution in [0.1, 0.15) is 0 Å². The number of ether oxygens (including phenoxy) is 2. The molecule has 0 aromatic heterocycles. The van der Waals surface area contributed by atoms with Gasteiger partial charge in [0, 0.05) is 18.7 Å². The fourth-order valence-electron chi connectivity index (χ4n) is 0.952. The minimum atomic E-state index is -0.974. The molecule has 78 valence electrons. The van der Waals surface area contributed by atoms with Crippen LogP contribution in [0.15, 0.2) is 12.1 Å². The van der Waals surface area contributed by atoms with Crippen LogP contribution in [0.3, 0.4) is 0 Å². The van der Waals surface area contributed by atoms with Gasteiger partial charge in [0.25, 0.3) is 0 Å². The van der Waals surface area contributed by atoms with Crippen molar-refractivity contribution < 1.29 is 18.3 Å². The lowest BCUT2D eigenvalue weighted by Crippen LogP contribution is -2.11. The van der Waals surface area contributed by atoms with Crippen LogP contribution in [0.25, 0.3) is 0 Å². The SMILES string of the molecule is COc1cc(F)c(F)cc1OCCN. The maximum atomic E-state index is 12.8. The Morgan fingerprint density at radius 1 is 1.21 bits per heavy atom. The minimum Gasteiger partial charge on any atom is -0.493 e. The Morgan fingerprint density at radius 3 is 2.29 bits per heavy atom. The van der Waals surface area contributed by atoms with Gasteiger partial charge in [0.2, 0.25) is 0 Å². The van der Waals surface area contributed by atoms with Gasteiger partial charge in [0.1, 0.15) is 6.61 Å². The Labute approximate surface area is 80.4 Å². The van der Waals surface area contributed by atoms with E-state index in [4.69, 9.17) is 15.2 Å². The largest absolute Gasteiger partial charge is 0.493 e. The van der Waals surface area contributed by atoms with Gasteiger partial charge in [-0.1, -0.05) is 0 Å². The van der Waals surface area contributed by atoms with Gasteiger partial charge in [-0.3, -0.25) is 0 Å². The molecule has 0 atom stereocenters. The van der Waals surface area contributed by atoms with E-state index in [1.165, 1.54) is 7.11 Å². The summed E-state index contributed by atoms with van der Waals surface area (Å²) in [5.41, 5.74) is 5.20. The van der Waals surface area contributed by atoms with Crippen molar-refractivity contribution in [1.29, 1.82) is 0 Å². The summed E-state index contributed by atoms with van der Waals surface area (Å²) < 4.78 is 35.4. The molecule has 0 fully saturated rings. The lowest BCUT2D eigenvalue weighted by Gasteiger charge is -2.09. The van der Waals surface area contributed by atoms with Crippen molar-refractivity contribution >= 4 is 0 Å². The van der Waals surface area contributed by atoms with Gasteiger partial charge >= 0.3 is 0 Å². The molecule has 0 radical (unpaired) electrons. The second-order valence-electron chi connectivity index (χ2n) is 2.55. The molecule has 0 amide bonds. The molecule has 0 spiro atoms. The van der Waals surface area contributed by atoms with E-state index in [9.17, 15) is 8.78 Å². The maximum Gasteiger partial charge on any atom is 0.164 e. The number of hydrogen-bond donors (Lipinski definition) is 1. The average molecular weight is 203 g/mol. The van der Waals surface area contributed by atoms with Crippen LogP contribution in [-0.2, 0) is 0 Å². The predicted octanol–water partition coefficient (Wildman–Crippen LogP) is 1.31. The van der Waals surface area contributed by atoms with Crippen molar-refractivity contribution in [2.75, 3.05) is 20.3 Å². The lowest BCUT2D eigenvalue weighted by molar-refractivity contribution is 0.298. The predicted molar refractivity (Wildman–Crippen MR) is 47.5 cm³/mol. The molecule has 1 aromatic rings. The summed E-state index contributed by atoms with van der Waals surface area (Å²) in [4.78, 5) is 0. The molecule has 1 rings (SSSR count). The number of halogens is 2. The van der Waals surface area contributed by atoms with Gasteiger partial charge in [-0.05, 0) is 0 Å². The lowest BCUT2D eigenvalue weighted by atomic mass is 10.3. The van der Waals surface area contributed by atoms with E-state index >= 15 is 0 Å². The highest BCUT2D eigenvalue weighted by Gasteiger charge is 2.10. The van der Waals surface area contributed by atoms with Crippen molar-refractivity contribution in [3.63, 3.8) is 0 Å². The molecule has 0 saturated carbocycles. The number of hydrogen-bond acceptors (Lipinski definition) is 3. The smallest absolute Gasteiger partial charge is 0.164 e. The number of benzene rings is 1. The molecule has 0 bridgehead atoms. The summed E-state index contributed by atoms with van der Waals surface area (Å²) in [5.74, 6) is -1.64. The monoisotopic (exact) mass is 203 g/mol. The quantitative estimate of drug-likeness (QED) is 0.802. The molecule has 0 saturated heterocycles. The summed E-state index contributed by atoms with van der Waals surface area (Å²) >= 11 is 0. The van der Waals surface area contributed by atoms with E-state index in [0.717, 1.165) is 12.1 Å². The third kappa shape index (κ3) is 2.32. The van der Waals surface area contributed by atoms with Crippen molar-refractivity contribution in [2.45, 2.75) is 0 Å². The van der Waals surface area contributed by atoms with E-state index in [1.54, 1.807) is 0 Å². The summed E-state index contributed by atoms with van der Waals surface area (Å²) in [6, 6.07) is 1.87. The first kappa shape index (κ1) is 10.7. The van der Waals surface area contributed by atoms with Gasteiger partial charge in [-0.2, -0.15) is 0 Å². The second-order valence-corrected chi connectivity index (χ2v) is 2.55. The first-order valence-corrected chi connectivity index (χ1v) is 4.05. The van der Waals surface area contributed by atoms with Crippen molar-refractivity contribution in [1.82, 2.24) is 0 Å². The molecule has 3 nitrogen and oxygen atoms in total. The van der Waals surface area contributed by atoms with Crippen LogP contribution < -0.4 is 15.2 Å². The summed E-state index contributed by atoms with van der Waals surface area (Å²) in [5, 5.41) is 0. The Hall–Kier alpha value is -1.36. The zero-order valence-corrected chi connectivity index (χ0v) is 7.72. The minimum absolute atomic E-state index is 0.150. The highest BCUT2D eigenvalue weighted by molar-refractivity contribution is 5.40. The third-order valence-corrected chi connectivity index (χ3v) is 1.58. The zero-order valence-electron chi connectivity index (χ0n) is 7.72. The Morgan fingerprint density at radius 2 is 1.79 bits per heavy atom. The molecular weight excluding hydrogens is 192 g/mol. The molecule has 0 aliphatic carbocycles. The number of methoxy groups -OCH3 is 1. The molecule has 0 heterocycles. The average Bonchev–Trinajstić information content (AvgIpc) is 2.19. The molecule has 14 heavy (non-hydrogen) atoms. The van der Waals surface area contributed by atoms with E-state index in [1.807, 2.05) is 0 Å². The first-order chi connectivity index (χ1) is 6.69. The highest BCUT2D eigenvalue weighted by Crippen LogP contribution is 2.29. The molecule has 1 aromatic carbocycles. The van der Waals surface area contributed by atoms with Crippen LogP contribution in [-0.4, -0.2) is 20.3 Å². The highest BCUT2D eigenvalue weighted by atomic mass is 19.2. The molecule has 0 unspecified atom stereocenters. The molecule has 5 heteroatoms. The summed E-state index contributed by atoms with van der Waals surface area (Å²) in [6.07, 6.45) is 0. The Balaban J connectivity index is 2.95. The van der Waals surface area contributed by atoms with Crippen LogP contribution in [0.4, 0.5) is 8.78 Å².